The average Bonchev–Trinajstić information content (AvgIpc) is 2.26. The Kier molecular flexibility index (Phi) is 3.26. The molecule has 0 atom stereocenters. The Balaban J connectivity index is 2.44. The molecule has 0 bridgehead atoms. The molecule has 0 aliphatic carbocycles. The lowest BCUT2D eigenvalue weighted by Crippen LogP contribution is -2.24. The van der Waals surface area contributed by atoms with Crippen molar-refractivity contribution in [1.29, 1.82) is 0 Å². The van der Waals surface area contributed by atoms with Crippen LogP contribution in [0, 0.1) is 0 Å². The number of benzene rings is 1. The zero-order chi connectivity index (χ0) is 13.3. The summed E-state index contributed by atoms with van der Waals surface area (Å²) in [6, 6.07) is 9.20. The molecule has 0 fully saturated rings. The molecule has 1 heterocycles. The van der Waals surface area contributed by atoms with Gasteiger partial charge in [-0.05, 0) is 32.2 Å². The number of nitrogens with zero attached hydrogens (tertiary/aromatic N) is 1. The fraction of sp³-hybridized carbons (Fsp3) is 0.286. The SMILES string of the molecule is CC(C)(C)OC(=O)c1cc2ccccc2c(Cl)n1. The van der Waals surface area contributed by atoms with Crippen LogP contribution in [0.1, 0.15) is 31.3 Å². The van der Waals surface area contributed by atoms with Gasteiger partial charge in [0.15, 0.2) is 5.69 Å². The molecule has 0 aliphatic heterocycles. The minimum atomic E-state index is -0.545. The van der Waals surface area contributed by atoms with Gasteiger partial charge in [0.05, 0.1) is 0 Å². The van der Waals surface area contributed by atoms with Crippen molar-refractivity contribution in [3.8, 4) is 0 Å². The summed E-state index contributed by atoms with van der Waals surface area (Å²) in [5.74, 6) is -0.463. The molecule has 94 valence electrons. The number of pyridine rings is 1. The fourth-order valence-electron chi connectivity index (χ4n) is 1.59. The predicted octanol–water partition coefficient (Wildman–Crippen LogP) is 3.84. The maximum atomic E-state index is 11.9. The molecule has 0 spiro atoms. The number of hydrogen-bond donors (Lipinski definition) is 0. The van der Waals surface area contributed by atoms with Gasteiger partial charge < -0.3 is 4.74 Å². The fourth-order valence-corrected chi connectivity index (χ4v) is 1.85. The number of aromatic nitrogens is 1. The molecule has 2 rings (SSSR count). The Morgan fingerprint density at radius 3 is 2.61 bits per heavy atom. The summed E-state index contributed by atoms with van der Waals surface area (Å²) < 4.78 is 5.27. The molecular formula is C14H14ClNO2. The van der Waals surface area contributed by atoms with Crippen LogP contribution in [0.4, 0.5) is 0 Å². The second-order valence-corrected chi connectivity index (χ2v) is 5.38. The Hall–Kier alpha value is -1.61. The maximum absolute atomic E-state index is 11.9. The van der Waals surface area contributed by atoms with E-state index in [0.29, 0.717) is 5.15 Å². The maximum Gasteiger partial charge on any atom is 0.357 e. The second-order valence-electron chi connectivity index (χ2n) is 5.02. The van der Waals surface area contributed by atoms with E-state index in [9.17, 15) is 4.79 Å². The van der Waals surface area contributed by atoms with Gasteiger partial charge in [-0.25, -0.2) is 9.78 Å². The van der Waals surface area contributed by atoms with Gasteiger partial charge in [0.1, 0.15) is 10.8 Å². The molecule has 3 nitrogen and oxygen atoms in total. The van der Waals surface area contributed by atoms with Crippen molar-refractivity contribution in [2.24, 2.45) is 0 Å². The summed E-state index contributed by atoms with van der Waals surface area (Å²) in [5.41, 5.74) is -0.315. The Bertz CT molecular complexity index is 602. The highest BCUT2D eigenvalue weighted by molar-refractivity contribution is 6.34. The molecule has 0 amide bonds. The van der Waals surface area contributed by atoms with Crippen molar-refractivity contribution >= 4 is 28.3 Å². The van der Waals surface area contributed by atoms with E-state index in [4.69, 9.17) is 16.3 Å². The van der Waals surface area contributed by atoms with Crippen LogP contribution in [0.3, 0.4) is 0 Å². The molecule has 0 N–H and O–H groups in total. The number of hydrogen-bond acceptors (Lipinski definition) is 3. The molecule has 18 heavy (non-hydrogen) atoms. The van der Waals surface area contributed by atoms with E-state index in [1.54, 1.807) is 6.07 Å². The quantitative estimate of drug-likeness (QED) is 0.580. The normalized spacial score (nSPS) is 11.6. The molecule has 0 saturated carbocycles. The van der Waals surface area contributed by atoms with Gasteiger partial charge in [0.25, 0.3) is 0 Å². The highest BCUT2D eigenvalue weighted by Gasteiger charge is 2.19. The van der Waals surface area contributed by atoms with Crippen LogP contribution >= 0.6 is 11.6 Å². The Morgan fingerprint density at radius 2 is 1.94 bits per heavy atom. The molecule has 1 aromatic heterocycles. The highest BCUT2D eigenvalue weighted by atomic mass is 35.5. The first-order valence-electron chi connectivity index (χ1n) is 5.65. The van der Waals surface area contributed by atoms with E-state index in [1.165, 1.54) is 0 Å². The minimum Gasteiger partial charge on any atom is -0.455 e. The van der Waals surface area contributed by atoms with Gasteiger partial charge in [-0.1, -0.05) is 35.9 Å². The van der Waals surface area contributed by atoms with Gasteiger partial charge >= 0.3 is 5.97 Å². The summed E-state index contributed by atoms with van der Waals surface area (Å²) in [4.78, 5) is 16.0. The van der Waals surface area contributed by atoms with Crippen LogP contribution in [-0.2, 0) is 4.74 Å². The first-order chi connectivity index (χ1) is 8.37. The zero-order valence-electron chi connectivity index (χ0n) is 10.5. The van der Waals surface area contributed by atoms with E-state index in [-0.39, 0.29) is 5.69 Å². The number of carbonyl (C=O) groups excluding carboxylic acids is 1. The van der Waals surface area contributed by atoms with Crippen molar-refractivity contribution in [3.05, 3.63) is 41.2 Å². The van der Waals surface area contributed by atoms with Gasteiger partial charge in [-0.3, -0.25) is 0 Å². The molecule has 2 aromatic rings. The van der Waals surface area contributed by atoms with E-state index >= 15 is 0 Å². The third-order valence-corrected chi connectivity index (χ3v) is 2.59. The van der Waals surface area contributed by atoms with E-state index < -0.39 is 11.6 Å². The summed E-state index contributed by atoms with van der Waals surface area (Å²) >= 11 is 6.06. The third kappa shape index (κ3) is 2.79. The topological polar surface area (TPSA) is 39.2 Å². The molecule has 4 heteroatoms. The van der Waals surface area contributed by atoms with E-state index in [0.717, 1.165) is 10.8 Å². The van der Waals surface area contributed by atoms with Crippen molar-refractivity contribution in [2.75, 3.05) is 0 Å². The highest BCUT2D eigenvalue weighted by Crippen LogP contribution is 2.23. The lowest BCUT2D eigenvalue weighted by molar-refractivity contribution is 0.00631. The first kappa shape index (κ1) is 12.8. The van der Waals surface area contributed by atoms with Crippen LogP contribution in [0.15, 0.2) is 30.3 Å². The molecule has 0 saturated heterocycles. The summed E-state index contributed by atoms with van der Waals surface area (Å²) in [7, 11) is 0. The standard InChI is InChI=1S/C14H14ClNO2/c1-14(2,3)18-13(17)11-8-9-6-4-5-7-10(9)12(15)16-11/h4-8H,1-3H3. The predicted molar refractivity (Wildman–Crippen MR) is 71.9 cm³/mol. The van der Waals surface area contributed by atoms with Gasteiger partial charge in [0, 0.05) is 5.39 Å². The second kappa shape index (κ2) is 4.58. The summed E-state index contributed by atoms with van der Waals surface area (Å²) in [6.07, 6.45) is 0. The smallest absolute Gasteiger partial charge is 0.357 e. The molecule has 1 aromatic carbocycles. The monoisotopic (exact) mass is 263 g/mol. The van der Waals surface area contributed by atoms with Crippen LogP contribution in [0.25, 0.3) is 10.8 Å². The molecule has 0 aliphatic rings. The van der Waals surface area contributed by atoms with Crippen LogP contribution < -0.4 is 0 Å². The molecule has 0 radical (unpaired) electrons. The number of fused-ring (bicyclic) bond motifs is 1. The van der Waals surface area contributed by atoms with Crippen LogP contribution in [0.2, 0.25) is 5.15 Å². The molecule has 0 unspecified atom stereocenters. The summed E-state index contributed by atoms with van der Waals surface area (Å²) in [6.45, 7) is 5.44. The number of rotatable bonds is 1. The van der Waals surface area contributed by atoms with Crippen LogP contribution in [0.5, 0.6) is 0 Å². The van der Waals surface area contributed by atoms with E-state index in [2.05, 4.69) is 4.98 Å². The third-order valence-electron chi connectivity index (χ3n) is 2.30. The van der Waals surface area contributed by atoms with Gasteiger partial charge in [-0.2, -0.15) is 0 Å². The Labute approximate surface area is 111 Å². The van der Waals surface area contributed by atoms with Crippen molar-refractivity contribution in [3.63, 3.8) is 0 Å². The zero-order valence-corrected chi connectivity index (χ0v) is 11.3. The lowest BCUT2D eigenvalue weighted by Gasteiger charge is -2.19. The summed E-state index contributed by atoms with van der Waals surface area (Å²) in [5, 5.41) is 2.01. The Morgan fingerprint density at radius 1 is 1.28 bits per heavy atom. The number of halogens is 1. The van der Waals surface area contributed by atoms with Crippen molar-refractivity contribution in [2.45, 2.75) is 26.4 Å². The van der Waals surface area contributed by atoms with Crippen molar-refractivity contribution in [1.82, 2.24) is 4.98 Å². The molecular weight excluding hydrogens is 250 g/mol. The lowest BCUT2D eigenvalue weighted by atomic mass is 10.1. The van der Waals surface area contributed by atoms with Gasteiger partial charge in [0.2, 0.25) is 0 Å². The number of esters is 1. The largest absolute Gasteiger partial charge is 0.455 e. The van der Waals surface area contributed by atoms with E-state index in [1.807, 2.05) is 45.0 Å². The number of ether oxygens (including phenoxy) is 1. The van der Waals surface area contributed by atoms with Crippen LogP contribution in [-0.4, -0.2) is 16.6 Å². The average molecular weight is 264 g/mol. The van der Waals surface area contributed by atoms with Crippen molar-refractivity contribution < 1.29 is 9.53 Å². The van der Waals surface area contributed by atoms with Gasteiger partial charge in [-0.15, -0.1) is 0 Å². The first-order valence-corrected chi connectivity index (χ1v) is 6.03. The minimum absolute atomic E-state index is 0.230. The number of carbonyl (C=O) groups is 1.